The number of thiazole rings is 1. The normalized spacial score (nSPS) is 12.9. The van der Waals surface area contributed by atoms with Gasteiger partial charge in [0.2, 0.25) is 0 Å². The molecule has 2 rings (SSSR count). The number of rotatable bonds is 8. The average molecular weight is 396 g/mol. The zero-order chi connectivity index (χ0) is 19.1. The maximum Gasteiger partial charge on any atom is 0.358 e. The van der Waals surface area contributed by atoms with Crippen molar-refractivity contribution in [1.29, 1.82) is 0 Å². The minimum Gasteiger partial charge on any atom is -0.467 e. The van der Waals surface area contributed by atoms with E-state index in [-0.39, 0.29) is 11.6 Å². The smallest absolute Gasteiger partial charge is 0.358 e. The fourth-order valence-corrected chi connectivity index (χ4v) is 3.70. The van der Waals surface area contributed by atoms with Crippen LogP contribution in [0.4, 0.5) is 0 Å². The van der Waals surface area contributed by atoms with E-state index in [4.69, 9.17) is 9.47 Å². The van der Waals surface area contributed by atoms with Gasteiger partial charge in [0.05, 0.1) is 12.0 Å². The number of nitrogens with one attached hydrogen (secondary N) is 1. The van der Waals surface area contributed by atoms with Gasteiger partial charge in [-0.2, -0.15) is 0 Å². The van der Waals surface area contributed by atoms with E-state index >= 15 is 0 Å². The van der Waals surface area contributed by atoms with E-state index in [0.717, 1.165) is 9.88 Å². The number of aromatic nitrogens is 1. The van der Waals surface area contributed by atoms with Gasteiger partial charge in [-0.05, 0) is 17.4 Å². The summed E-state index contributed by atoms with van der Waals surface area (Å²) in [5, 5.41) is 6.78. The first-order valence-corrected chi connectivity index (χ1v) is 9.75. The van der Waals surface area contributed by atoms with Crippen LogP contribution >= 0.6 is 22.7 Å². The number of hydrogen-bond acceptors (Lipinski definition) is 8. The van der Waals surface area contributed by atoms with Gasteiger partial charge in [-0.3, -0.25) is 4.79 Å². The third kappa shape index (κ3) is 5.12. The molecular formula is C17H20N2O5S2. The van der Waals surface area contributed by atoms with E-state index in [1.165, 1.54) is 29.8 Å². The first-order chi connectivity index (χ1) is 12.5. The summed E-state index contributed by atoms with van der Waals surface area (Å²) in [5.41, 5.74) is 0.151. The number of ether oxygens (including phenoxy) is 2. The molecule has 0 aliphatic rings. The van der Waals surface area contributed by atoms with Crippen LogP contribution in [0.3, 0.4) is 0 Å². The van der Waals surface area contributed by atoms with Crippen LogP contribution in [0.1, 0.15) is 30.8 Å². The van der Waals surface area contributed by atoms with E-state index in [0.29, 0.717) is 6.42 Å². The second kappa shape index (κ2) is 9.44. The lowest BCUT2D eigenvalue weighted by atomic mass is 9.99. The zero-order valence-electron chi connectivity index (χ0n) is 14.7. The van der Waals surface area contributed by atoms with Crippen LogP contribution < -0.4 is 5.32 Å². The Hall–Kier alpha value is -2.26. The highest BCUT2D eigenvalue weighted by molar-refractivity contribution is 7.20. The van der Waals surface area contributed by atoms with Crippen molar-refractivity contribution in [2.75, 3.05) is 13.7 Å². The van der Waals surface area contributed by atoms with Gasteiger partial charge in [-0.1, -0.05) is 26.3 Å². The second-order valence-electron chi connectivity index (χ2n) is 5.55. The van der Waals surface area contributed by atoms with Crippen LogP contribution in [0.2, 0.25) is 0 Å². The molecule has 0 aliphatic heterocycles. The molecule has 0 radical (unpaired) electrons. The molecule has 1 N–H and O–H groups in total. The fourth-order valence-electron chi connectivity index (χ4n) is 2.10. The third-order valence-electron chi connectivity index (χ3n) is 3.76. The molecule has 0 fully saturated rings. The van der Waals surface area contributed by atoms with Gasteiger partial charge < -0.3 is 14.8 Å². The van der Waals surface area contributed by atoms with Crippen molar-refractivity contribution < 1.29 is 23.9 Å². The van der Waals surface area contributed by atoms with Crippen molar-refractivity contribution in [1.82, 2.24) is 10.3 Å². The lowest BCUT2D eigenvalue weighted by Gasteiger charge is -2.21. The van der Waals surface area contributed by atoms with E-state index in [9.17, 15) is 14.4 Å². The number of esters is 2. The van der Waals surface area contributed by atoms with Crippen molar-refractivity contribution in [2.45, 2.75) is 26.3 Å². The SMILES string of the molecule is CC[C@H](C)[C@H](NC(=O)COC(=O)c1csc(-c2cccs2)n1)C(=O)OC. The molecule has 2 aromatic rings. The maximum atomic E-state index is 12.1. The molecule has 0 saturated heterocycles. The maximum absolute atomic E-state index is 12.1. The van der Waals surface area contributed by atoms with Gasteiger partial charge in [-0.25, -0.2) is 14.6 Å². The summed E-state index contributed by atoms with van der Waals surface area (Å²) in [4.78, 5) is 41.0. The Bertz CT molecular complexity index is 757. The van der Waals surface area contributed by atoms with Crippen LogP contribution in [-0.2, 0) is 19.1 Å². The van der Waals surface area contributed by atoms with Crippen molar-refractivity contribution in [3.05, 3.63) is 28.6 Å². The first-order valence-electron chi connectivity index (χ1n) is 8.00. The molecule has 7 nitrogen and oxygen atoms in total. The summed E-state index contributed by atoms with van der Waals surface area (Å²) in [6.07, 6.45) is 0.685. The minimum atomic E-state index is -0.777. The van der Waals surface area contributed by atoms with E-state index in [1.807, 2.05) is 31.4 Å². The van der Waals surface area contributed by atoms with E-state index < -0.39 is 30.5 Å². The average Bonchev–Trinajstić information content (AvgIpc) is 3.34. The number of methoxy groups -OCH3 is 1. The number of carbonyl (C=O) groups is 3. The number of carbonyl (C=O) groups excluding carboxylic acids is 3. The van der Waals surface area contributed by atoms with Gasteiger partial charge in [-0.15, -0.1) is 22.7 Å². The predicted octanol–water partition coefficient (Wildman–Crippen LogP) is 2.73. The van der Waals surface area contributed by atoms with Crippen molar-refractivity contribution in [2.24, 2.45) is 5.92 Å². The highest BCUT2D eigenvalue weighted by atomic mass is 32.1. The molecule has 2 heterocycles. The summed E-state index contributed by atoms with van der Waals surface area (Å²) in [7, 11) is 1.26. The highest BCUT2D eigenvalue weighted by Gasteiger charge is 2.27. The van der Waals surface area contributed by atoms with Crippen molar-refractivity contribution >= 4 is 40.5 Å². The Morgan fingerprint density at radius 1 is 1.31 bits per heavy atom. The predicted molar refractivity (Wildman–Crippen MR) is 99.1 cm³/mol. The number of thiophene rings is 1. The first kappa shape index (κ1) is 20.1. The van der Waals surface area contributed by atoms with E-state index in [2.05, 4.69) is 10.3 Å². The molecule has 2 atom stereocenters. The van der Waals surface area contributed by atoms with Crippen molar-refractivity contribution in [3.8, 4) is 9.88 Å². The number of hydrogen-bond donors (Lipinski definition) is 1. The molecule has 0 unspecified atom stereocenters. The van der Waals surface area contributed by atoms with Crippen LogP contribution in [0.15, 0.2) is 22.9 Å². The lowest BCUT2D eigenvalue weighted by molar-refractivity contribution is -0.147. The van der Waals surface area contributed by atoms with Gasteiger partial charge in [0.1, 0.15) is 11.0 Å². The molecule has 0 aliphatic carbocycles. The van der Waals surface area contributed by atoms with Gasteiger partial charge in [0.25, 0.3) is 5.91 Å². The Labute approximate surface area is 159 Å². The second-order valence-corrected chi connectivity index (χ2v) is 7.35. The Morgan fingerprint density at radius 3 is 2.69 bits per heavy atom. The fraction of sp³-hybridized carbons (Fsp3) is 0.412. The Morgan fingerprint density at radius 2 is 2.08 bits per heavy atom. The van der Waals surface area contributed by atoms with Crippen LogP contribution in [0.5, 0.6) is 0 Å². The van der Waals surface area contributed by atoms with Crippen LogP contribution in [0.25, 0.3) is 9.88 Å². The van der Waals surface area contributed by atoms with Crippen molar-refractivity contribution in [3.63, 3.8) is 0 Å². The summed E-state index contributed by atoms with van der Waals surface area (Å²) in [5.74, 6) is -1.88. The molecule has 0 saturated carbocycles. The van der Waals surface area contributed by atoms with Crippen LogP contribution in [0, 0.1) is 5.92 Å². The highest BCUT2D eigenvalue weighted by Crippen LogP contribution is 2.27. The molecule has 9 heteroatoms. The summed E-state index contributed by atoms with van der Waals surface area (Å²) < 4.78 is 9.69. The molecule has 0 bridgehead atoms. The Balaban J connectivity index is 1.90. The Kier molecular flexibility index (Phi) is 7.28. The quantitative estimate of drug-likeness (QED) is 0.690. The number of amides is 1. The molecule has 1 amide bonds. The monoisotopic (exact) mass is 396 g/mol. The summed E-state index contributed by atoms with van der Waals surface area (Å²) in [6.45, 7) is 3.24. The largest absolute Gasteiger partial charge is 0.467 e. The van der Waals surface area contributed by atoms with Gasteiger partial charge >= 0.3 is 11.9 Å². The van der Waals surface area contributed by atoms with E-state index in [1.54, 1.807) is 5.38 Å². The molecule has 0 spiro atoms. The molecular weight excluding hydrogens is 376 g/mol. The summed E-state index contributed by atoms with van der Waals surface area (Å²) in [6, 6.07) is 3.04. The molecule has 26 heavy (non-hydrogen) atoms. The third-order valence-corrected chi connectivity index (χ3v) is 5.65. The topological polar surface area (TPSA) is 94.6 Å². The van der Waals surface area contributed by atoms with Gasteiger partial charge in [0.15, 0.2) is 12.3 Å². The lowest BCUT2D eigenvalue weighted by Crippen LogP contribution is -2.47. The molecule has 140 valence electrons. The zero-order valence-corrected chi connectivity index (χ0v) is 16.3. The molecule has 0 aromatic carbocycles. The standard InChI is InChI=1S/C17H20N2O5S2/c1-4-10(2)14(17(22)23-3)19-13(20)8-24-16(21)11-9-26-15(18-11)12-6-5-7-25-12/h5-7,9-10,14H,4,8H2,1-3H3,(H,19,20)/t10-,14-/m0/s1. The minimum absolute atomic E-state index is 0.103. The van der Waals surface area contributed by atoms with Crippen LogP contribution in [-0.4, -0.2) is 42.6 Å². The number of nitrogens with zero attached hydrogens (tertiary/aromatic N) is 1. The molecule has 2 aromatic heterocycles. The summed E-state index contributed by atoms with van der Waals surface area (Å²) >= 11 is 2.85. The van der Waals surface area contributed by atoms with Gasteiger partial charge in [0, 0.05) is 5.38 Å².